The molecule has 22 rings (SSSR count). The molecule has 0 saturated heterocycles. The lowest BCUT2D eigenvalue weighted by molar-refractivity contribution is -0.339. The van der Waals surface area contributed by atoms with Crippen molar-refractivity contribution in [3.8, 4) is 23.0 Å². The molecule has 114 heavy (non-hydrogen) atoms. The van der Waals surface area contributed by atoms with Crippen LogP contribution in [-0.2, 0) is 59.9 Å². The number of hydrogen-bond acceptors (Lipinski definition) is 12. The van der Waals surface area contributed by atoms with E-state index in [4.69, 9.17) is 37.9 Å². The van der Waals surface area contributed by atoms with Gasteiger partial charge in [-0.3, -0.25) is 19.2 Å². The molecule has 0 radical (unpaired) electrons. The predicted octanol–water partition coefficient (Wildman–Crippen LogP) is 22.9. The Hall–Kier alpha value is -7.32. The highest BCUT2D eigenvalue weighted by Gasteiger charge is 2.60. The molecule has 16 aliphatic carbocycles. The maximum absolute atomic E-state index is 13.1. The highest BCUT2D eigenvalue weighted by Crippen LogP contribution is 2.65. The first-order chi connectivity index (χ1) is 54.7. The zero-order chi connectivity index (χ0) is 79.3. The largest absolute Gasteiger partial charge is 0.487 e. The Morgan fingerprint density at radius 3 is 0.649 bits per heavy atom. The lowest BCUT2D eigenvalue weighted by atomic mass is 9.49. The predicted molar refractivity (Wildman–Crippen MR) is 421 cm³/mol. The molecule has 0 aromatic heterocycles. The Morgan fingerprint density at radius 2 is 0.474 bits per heavy atom. The van der Waals surface area contributed by atoms with Gasteiger partial charge in [-0.1, -0.05) is 60.7 Å². The van der Waals surface area contributed by atoms with Crippen LogP contribution in [0.4, 0.5) is 26.3 Å². The number of carbonyl (C=O) groups is 4. The molecule has 0 heterocycles. The van der Waals surface area contributed by atoms with Crippen LogP contribution >= 0.6 is 0 Å². The van der Waals surface area contributed by atoms with E-state index in [0.717, 1.165) is 136 Å². The first-order valence-corrected chi connectivity index (χ1v) is 44.4. The van der Waals surface area contributed by atoms with Gasteiger partial charge in [0.25, 0.3) is 0 Å². The maximum atomic E-state index is 13.1. The number of hydrogen-bond donors (Lipinski definition) is 0. The van der Waals surface area contributed by atoms with Crippen molar-refractivity contribution >= 4 is 45.7 Å². The van der Waals surface area contributed by atoms with Gasteiger partial charge >= 0.3 is 36.2 Å². The molecule has 16 bridgehead atoms. The Labute approximate surface area is 673 Å². The molecular formula is C94H110F6O12S2+2. The molecule has 0 amide bonds. The average molecular weight is 1610 g/mol. The van der Waals surface area contributed by atoms with Crippen LogP contribution in [-0.4, -0.2) is 63.4 Å². The lowest BCUT2D eigenvalue weighted by Crippen LogP contribution is -2.47. The van der Waals surface area contributed by atoms with E-state index in [1.807, 2.05) is 60.7 Å². The van der Waals surface area contributed by atoms with Gasteiger partial charge in [0.2, 0.25) is 27.2 Å². The molecular weight excluding hydrogens is 1500 g/mol. The number of carbonyl (C=O) groups excluding carboxylic acids is 4. The molecule has 16 fully saturated rings. The monoisotopic (exact) mass is 1610 g/mol. The second-order valence-electron chi connectivity index (χ2n) is 37.2. The van der Waals surface area contributed by atoms with Gasteiger partial charge in [0.1, 0.15) is 44.8 Å². The van der Waals surface area contributed by atoms with E-state index >= 15 is 0 Å². The van der Waals surface area contributed by atoms with Gasteiger partial charge in [0.15, 0.2) is 29.4 Å². The molecule has 0 spiro atoms. The van der Waals surface area contributed by atoms with E-state index < -0.39 is 34.1 Å². The first-order valence-electron chi connectivity index (χ1n) is 41.9. The molecule has 6 aromatic rings. The van der Waals surface area contributed by atoms with Crippen molar-refractivity contribution < 1.29 is 83.4 Å². The summed E-state index contributed by atoms with van der Waals surface area (Å²) >= 11 is 0. The first kappa shape index (κ1) is 80.5. The van der Waals surface area contributed by atoms with E-state index in [1.165, 1.54) is 164 Å². The Bertz CT molecular complexity index is 3800. The SMILES string of the molecule is Cc1c(OCOC(=O)CC23CC4CC(CC(C4)C2)C3)cccc1[S+](c1ccccc1)c1cccc(OCOC(=O)CC23CC4CC(CC(C4)C2)C3)c1C.Cc1c(OCOC(=O)CC23CC4CC(CC(C4)C2)C3)cccc1[S+](c1ccccc1)c1cccc(OCOC(=O)CC23CC4CC(CC(C4)C2)C3)c1C.FC(F)(F)C(F)(F)F. The molecule has 0 atom stereocenters. The number of halogens is 6. The molecule has 0 aliphatic heterocycles. The molecule has 20 heteroatoms. The Kier molecular flexibility index (Phi) is 23.5. The van der Waals surface area contributed by atoms with E-state index in [2.05, 4.69) is 100 Å². The molecule has 16 saturated carbocycles. The summed E-state index contributed by atoms with van der Waals surface area (Å²) in [5.41, 5.74) is 4.66. The number of rotatable bonds is 26. The standard InChI is InChI=1S/2C46H55O6S.C2F6/c2*1-30-39(49-28-51-43(47)26-45-20-32-14-33(21-45)16-34(15-32)22-45)10-6-12-41(30)53(38-8-4-3-5-9-38)42-13-7-11-40(31(42)2)50-29-52-44(48)27-46-23-35-17-36(24-46)19-37(18-35)25-46;3-1(4,5)2(6,7)8/h2*3-13,32-37H,14-29H2,1-2H3;/q2*+1;. The average Bonchev–Trinajstić information content (AvgIpc) is 0.798. The fraction of sp³-hybridized carbons (Fsp3) is 0.574. The summed E-state index contributed by atoms with van der Waals surface area (Å²) in [6, 6.07) is 45.7. The van der Waals surface area contributed by atoms with Crippen LogP contribution in [0.5, 0.6) is 23.0 Å². The summed E-state index contributed by atoms with van der Waals surface area (Å²) in [6.07, 6.45) is 20.7. The molecule has 6 aromatic carbocycles. The zero-order valence-corrected chi connectivity index (χ0v) is 67.9. The van der Waals surface area contributed by atoms with Gasteiger partial charge in [-0.15, -0.1) is 0 Å². The van der Waals surface area contributed by atoms with Crippen molar-refractivity contribution in [2.24, 2.45) is 92.7 Å². The number of alkyl halides is 6. The minimum Gasteiger partial charge on any atom is -0.457 e. The van der Waals surface area contributed by atoms with Gasteiger partial charge in [-0.25, -0.2) is 0 Å². The van der Waals surface area contributed by atoms with E-state index in [9.17, 15) is 45.5 Å². The van der Waals surface area contributed by atoms with Crippen LogP contribution in [0.1, 0.15) is 202 Å². The molecule has 16 aliphatic rings. The molecule has 0 unspecified atom stereocenters. The normalized spacial score (nSPS) is 31.1. The molecule has 0 N–H and O–H groups in total. The van der Waals surface area contributed by atoms with Crippen molar-refractivity contribution in [1.29, 1.82) is 0 Å². The summed E-state index contributed by atoms with van der Waals surface area (Å²) < 4.78 is 110. The van der Waals surface area contributed by atoms with Gasteiger partial charge in [-0.05, 0) is 347 Å². The highest BCUT2D eigenvalue weighted by atomic mass is 32.2. The number of ether oxygens (including phenoxy) is 8. The third-order valence-corrected chi connectivity index (χ3v) is 33.6. The Morgan fingerprint density at radius 1 is 0.289 bits per heavy atom. The van der Waals surface area contributed by atoms with Gasteiger partial charge in [-0.2, -0.15) is 26.3 Å². The zero-order valence-electron chi connectivity index (χ0n) is 66.2. The van der Waals surface area contributed by atoms with Gasteiger partial charge in [0, 0.05) is 22.3 Å². The second kappa shape index (κ2) is 33.2. The number of esters is 4. The minimum atomic E-state index is -6.06. The van der Waals surface area contributed by atoms with Crippen molar-refractivity contribution in [1.82, 2.24) is 0 Å². The van der Waals surface area contributed by atoms with Gasteiger partial charge < -0.3 is 37.9 Å². The summed E-state index contributed by atoms with van der Waals surface area (Å²) in [4.78, 5) is 59.4. The smallest absolute Gasteiger partial charge is 0.457 e. The Balaban J connectivity index is 0.000000157. The lowest BCUT2D eigenvalue weighted by Gasteiger charge is -2.56. The van der Waals surface area contributed by atoms with E-state index in [1.54, 1.807) is 0 Å². The summed E-state index contributed by atoms with van der Waals surface area (Å²) in [6.45, 7) is 8.01. The van der Waals surface area contributed by atoms with Crippen LogP contribution in [0.3, 0.4) is 0 Å². The van der Waals surface area contributed by atoms with Crippen molar-refractivity contribution in [2.75, 3.05) is 27.2 Å². The quantitative estimate of drug-likeness (QED) is 0.0168. The van der Waals surface area contributed by atoms with Crippen LogP contribution in [0.15, 0.2) is 163 Å². The maximum Gasteiger partial charge on any atom is 0.487 e. The van der Waals surface area contributed by atoms with Gasteiger partial charge in [0.05, 0.1) is 25.7 Å². The number of benzene rings is 6. The molecule has 610 valence electrons. The third kappa shape index (κ3) is 18.1. The van der Waals surface area contributed by atoms with Crippen LogP contribution in [0.2, 0.25) is 0 Å². The fourth-order valence-corrected chi connectivity index (χ4v) is 30.7. The second-order valence-corrected chi connectivity index (χ2v) is 41.2. The fourth-order valence-electron chi connectivity index (χ4n) is 25.8. The summed E-state index contributed by atoms with van der Waals surface area (Å²) in [5, 5.41) is 0. The molecule has 12 nitrogen and oxygen atoms in total. The van der Waals surface area contributed by atoms with Crippen LogP contribution < -0.4 is 18.9 Å². The highest BCUT2D eigenvalue weighted by molar-refractivity contribution is 7.97. The summed E-state index contributed by atoms with van der Waals surface area (Å²) in [5.74, 6) is 12.1. The van der Waals surface area contributed by atoms with E-state index in [-0.39, 0.29) is 72.7 Å². The summed E-state index contributed by atoms with van der Waals surface area (Å²) in [7, 11) is -0.958. The van der Waals surface area contributed by atoms with E-state index in [0.29, 0.717) is 25.7 Å². The third-order valence-electron chi connectivity index (χ3n) is 28.6. The van der Waals surface area contributed by atoms with Crippen LogP contribution in [0, 0.1) is 120 Å². The van der Waals surface area contributed by atoms with Crippen molar-refractivity contribution in [3.05, 3.63) is 156 Å². The minimum absolute atomic E-state index is 0.0848. The van der Waals surface area contributed by atoms with Crippen molar-refractivity contribution in [2.45, 2.75) is 249 Å². The topological polar surface area (TPSA) is 142 Å². The van der Waals surface area contributed by atoms with Crippen molar-refractivity contribution in [3.63, 3.8) is 0 Å². The van der Waals surface area contributed by atoms with Crippen LogP contribution in [0.25, 0.3) is 0 Å².